The van der Waals surface area contributed by atoms with Crippen LogP contribution in [0.5, 0.6) is 0 Å². The van der Waals surface area contributed by atoms with Crippen LogP contribution in [0.4, 0.5) is 17.5 Å². The summed E-state index contributed by atoms with van der Waals surface area (Å²) < 4.78 is 1.06. The van der Waals surface area contributed by atoms with Crippen molar-refractivity contribution in [1.29, 1.82) is 0 Å². The predicted molar refractivity (Wildman–Crippen MR) is 117 cm³/mol. The highest BCUT2D eigenvalue weighted by molar-refractivity contribution is 9.10. The molecule has 3 rings (SSSR count). The fraction of sp³-hybridized carbons (Fsp3) is 0.476. The zero-order valence-corrected chi connectivity index (χ0v) is 18.4. The van der Waals surface area contributed by atoms with Crippen molar-refractivity contribution < 1.29 is 4.79 Å². The highest BCUT2D eigenvalue weighted by Crippen LogP contribution is 2.32. The molecule has 1 saturated heterocycles. The van der Waals surface area contributed by atoms with E-state index in [0.29, 0.717) is 5.95 Å². The van der Waals surface area contributed by atoms with Gasteiger partial charge in [-0.1, -0.05) is 19.4 Å². The summed E-state index contributed by atoms with van der Waals surface area (Å²) in [6.45, 7) is 10.1. The number of hydrogen-bond donors (Lipinski definition) is 0. The largest absolute Gasteiger partial charge is 0.353 e. The number of hydrogen-bond acceptors (Lipinski definition) is 5. The third-order valence-electron chi connectivity index (χ3n) is 5.02. The van der Waals surface area contributed by atoms with E-state index in [4.69, 9.17) is 9.97 Å². The molecule has 0 bridgehead atoms. The first-order valence-electron chi connectivity index (χ1n) is 9.91. The summed E-state index contributed by atoms with van der Waals surface area (Å²) >= 11 is 3.74. The Balaban J connectivity index is 1.89. The van der Waals surface area contributed by atoms with E-state index in [1.807, 2.05) is 13.0 Å². The normalized spacial score (nSPS) is 14.3. The Hall–Kier alpha value is -2.15. The molecule has 2 aromatic rings. The van der Waals surface area contributed by atoms with Crippen molar-refractivity contribution in [3.8, 4) is 0 Å². The van der Waals surface area contributed by atoms with Gasteiger partial charge in [-0.15, -0.1) is 0 Å². The summed E-state index contributed by atoms with van der Waals surface area (Å²) in [5.74, 6) is 1.63. The molecule has 1 aromatic carbocycles. The molecule has 7 heteroatoms. The highest BCUT2D eigenvalue weighted by Gasteiger charge is 2.20. The van der Waals surface area contributed by atoms with Crippen molar-refractivity contribution in [3.05, 3.63) is 40.0 Å². The maximum absolute atomic E-state index is 11.0. The molecule has 1 aliphatic heterocycles. The number of piperazine rings is 1. The van der Waals surface area contributed by atoms with Gasteiger partial charge in [0, 0.05) is 49.0 Å². The van der Waals surface area contributed by atoms with Crippen molar-refractivity contribution in [2.45, 2.75) is 33.6 Å². The Kier molecular flexibility index (Phi) is 6.88. The van der Waals surface area contributed by atoms with Crippen LogP contribution in [0.3, 0.4) is 0 Å². The zero-order chi connectivity index (χ0) is 20.1. The van der Waals surface area contributed by atoms with Crippen molar-refractivity contribution in [2.75, 3.05) is 42.5 Å². The summed E-state index contributed by atoms with van der Waals surface area (Å²) in [6, 6.07) is 8.54. The molecule has 0 aliphatic carbocycles. The first kappa shape index (κ1) is 20.6. The Morgan fingerprint density at radius 1 is 1.14 bits per heavy atom. The molecule has 1 fully saturated rings. The lowest BCUT2D eigenvalue weighted by atomic mass is 10.1. The number of carbonyl (C=O) groups is 1. The van der Waals surface area contributed by atoms with Crippen LogP contribution in [0, 0.1) is 6.92 Å². The van der Waals surface area contributed by atoms with E-state index in [0.717, 1.165) is 73.6 Å². The van der Waals surface area contributed by atoms with Crippen LogP contribution in [-0.4, -0.2) is 54.0 Å². The Morgan fingerprint density at radius 2 is 1.89 bits per heavy atom. The molecule has 1 aliphatic rings. The van der Waals surface area contributed by atoms with Gasteiger partial charge in [-0.25, -0.2) is 4.98 Å². The van der Waals surface area contributed by atoms with Crippen LogP contribution >= 0.6 is 15.9 Å². The number of aromatic nitrogens is 2. The van der Waals surface area contributed by atoms with Crippen molar-refractivity contribution in [2.24, 2.45) is 0 Å². The SMILES string of the molecule is CCCc1ccc(N(CC)c2nc(C)cc(N3CCN(C=O)CC3)n2)c(Br)c1. The molecule has 0 spiro atoms. The highest BCUT2D eigenvalue weighted by atomic mass is 79.9. The maximum atomic E-state index is 11.0. The summed E-state index contributed by atoms with van der Waals surface area (Å²) in [5, 5.41) is 0. The van der Waals surface area contributed by atoms with Gasteiger partial charge in [-0.2, -0.15) is 4.98 Å². The van der Waals surface area contributed by atoms with Crippen molar-refractivity contribution in [3.63, 3.8) is 0 Å². The smallest absolute Gasteiger partial charge is 0.232 e. The fourth-order valence-electron chi connectivity index (χ4n) is 3.51. The molecule has 2 heterocycles. The number of anilines is 3. The van der Waals surface area contributed by atoms with Crippen molar-refractivity contribution in [1.82, 2.24) is 14.9 Å². The number of benzene rings is 1. The third kappa shape index (κ3) is 4.63. The first-order valence-corrected chi connectivity index (χ1v) is 10.7. The molecule has 0 atom stereocenters. The molecule has 6 nitrogen and oxygen atoms in total. The second kappa shape index (κ2) is 9.37. The van der Waals surface area contributed by atoms with Gasteiger partial charge in [0.05, 0.1) is 5.69 Å². The lowest BCUT2D eigenvalue weighted by molar-refractivity contribution is -0.118. The second-order valence-corrected chi connectivity index (χ2v) is 7.93. The third-order valence-corrected chi connectivity index (χ3v) is 5.65. The molecule has 0 radical (unpaired) electrons. The van der Waals surface area contributed by atoms with E-state index in [9.17, 15) is 4.79 Å². The Morgan fingerprint density at radius 3 is 2.50 bits per heavy atom. The van der Waals surface area contributed by atoms with Crippen LogP contribution < -0.4 is 9.80 Å². The molecule has 28 heavy (non-hydrogen) atoms. The molecule has 0 N–H and O–H groups in total. The van der Waals surface area contributed by atoms with E-state index in [1.54, 1.807) is 4.90 Å². The van der Waals surface area contributed by atoms with E-state index in [-0.39, 0.29) is 0 Å². The molecule has 1 amide bonds. The average Bonchev–Trinajstić information content (AvgIpc) is 2.70. The van der Waals surface area contributed by atoms with E-state index in [2.05, 4.69) is 57.8 Å². The molecular formula is C21H28BrN5O. The van der Waals surface area contributed by atoms with E-state index < -0.39 is 0 Å². The second-order valence-electron chi connectivity index (χ2n) is 7.08. The van der Waals surface area contributed by atoms with Gasteiger partial charge in [0.25, 0.3) is 0 Å². The number of rotatable bonds is 7. The van der Waals surface area contributed by atoms with Crippen LogP contribution in [0.1, 0.15) is 31.5 Å². The lowest BCUT2D eigenvalue weighted by Gasteiger charge is -2.34. The van der Waals surface area contributed by atoms with Gasteiger partial charge < -0.3 is 14.7 Å². The molecule has 0 unspecified atom stereocenters. The van der Waals surface area contributed by atoms with Gasteiger partial charge in [0.15, 0.2) is 0 Å². The van der Waals surface area contributed by atoms with Crippen LogP contribution in [0.25, 0.3) is 0 Å². The molecular weight excluding hydrogens is 418 g/mol. The average molecular weight is 446 g/mol. The molecule has 1 aromatic heterocycles. The number of aryl methyl sites for hydroxylation is 2. The first-order chi connectivity index (χ1) is 13.5. The molecule has 150 valence electrons. The van der Waals surface area contributed by atoms with E-state index in [1.165, 1.54) is 5.56 Å². The van der Waals surface area contributed by atoms with Crippen LogP contribution in [0.2, 0.25) is 0 Å². The van der Waals surface area contributed by atoms with Gasteiger partial charge in [-0.05, 0) is 53.9 Å². The van der Waals surface area contributed by atoms with Crippen LogP contribution in [0.15, 0.2) is 28.7 Å². The van der Waals surface area contributed by atoms with Crippen molar-refractivity contribution >= 4 is 39.8 Å². The van der Waals surface area contributed by atoms with Gasteiger partial charge in [-0.3, -0.25) is 4.79 Å². The Labute approximate surface area is 175 Å². The zero-order valence-electron chi connectivity index (χ0n) is 16.9. The number of halogens is 1. The number of carbonyl (C=O) groups excluding carboxylic acids is 1. The predicted octanol–water partition coefficient (Wildman–Crippen LogP) is 3.94. The minimum atomic E-state index is 0.708. The van der Waals surface area contributed by atoms with Gasteiger partial charge in [0.2, 0.25) is 12.4 Å². The fourth-order valence-corrected chi connectivity index (χ4v) is 4.15. The quantitative estimate of drug-likeness (QED) is 0.604. The summed E-state index contributed by atoms with van der Waals surface area (Å²) in [7, 11) is 0. The number of nitrogens with zero attached hydrogens (tertiary/aromatic N) is 5. The summed E-state index contributed by atoms with van der Waals surface area (Å²) in [5.41, 5.74) is 3.34. The standard InChI is InChI=1S/C21H28BrN5O/c1-4-6-17-7-8-19(18(22)14-17)27(5-2)21-23-16(3)13-20(24-21)26-11-9-25(15-28)10-12-26/h7-8,13-15H,4-6,9-12H2,1-3H3. The summed E-state index contributed by atoms with van der Waals surface area (Å²) in [4.78, 5) is 26.7. The Bertz CT molecular complexity index is 820. The van der Waals surface area contributed by atoms with Gasteiger partial charge >= 0.3 is 0 Å². The summed E-state index contributed by atoms with van der Waals surface area (Å²) in [6.07, 6.45) is 3.13. The minimum absolute atomic E-state index is 0.708. The topological polar surface area (TPSA) is 52.6 Å². The lowest BCUT2D eigenvalue weighted by Crippen LogP contribution is -2.46. The monoisotopic (exact) mass is 445 g/mol. The van der Waals surface area contributed by atoms with Crippen LogP contribution in [-0.2, 0) is 11.2 Å². The van der Waals surface area contributed by atoms with E-state index >= 15 is 0 Å². The van der Waals surface area contributed by atoms with Gasteiger partial charge in [0.1, 0.15) is 5.82 Å². The minimum Gasteiger partial charge on any atom is -0.353 e. The maximum Gasteiger partial charge on any atom is 0.232 e. The number of amides is 1. The molecule has 0 saturated carbocycles.